The number of aromatic nitrogens is 3. The smallest absolute Gasteiger partial charge is 0.233 e. The van der Waals surface area contributed by atoms with Gasteiger partial charge in [-0.3, -0.25) is 0 Å². The Hall–Kier alpha value is -2.82. The van der Waals surface area contributed by atoms with E-state index in [1.54, 1.807) is 25.1 Å². The van der Waals surface area contributed by atoms with Crippen LogP contribution in [0.3, 0.4) is 0 Å². The van der Waals surface area contributed by atoms with Gasteiger partial charge in [-0.05, 0) is 29.8 Å². The molecule has 1 aromatic carbocycles. The molecule has 0 aliphatic heterocycles. The molecular weight excluding hydrogens is 278 g/mol. The minimum Gasteiger partial charge on any atom is -0.497 e. The van der Waals surface area contributed by atoms with Gasteiger partial charge in [0.15, 0.2) is 5.82 Å². The van der Waals surface area contributed by atoms with E-state index in [9.17, 15) is 0 Å². The molecule has 0 aliphatic rings. The van der Waals surface area contributed by atoms with Crippen LogP contribution in [0.25, 0.3) is 5.82 Å². The average Bonchev–Trinajstić information content (AvgIpc) is 2.99. The standard InChI is InChI=1S/C17H17N3O2/c1-21-15-7-5-6-13(11-15)10-14-12-17(22-2)19-20(14)16-8-3-4-9-18-16/h3-9,11-12H,10H2,1-2H3. The number of pyridine rings is 1. The molecular formula is C17H17N3O2. The summed E-state index contributed by atoms with van der Waals surface area (Å²) in [6, 6.07) is 15.6. The van der Waals surface area contributed by atoms with Crippen molar-refractivity contribution < 1.29 is 9.47 Å². The topological polar surface area (TPSA) is 49.2 Å². The Morgan fingerprint density at radius 3 is 2.64 bits per heavy atom. The second kappa shape index (κ2) is 6.30. The summed E-state index contributed by atoms with van der Waals surface area (Å²) in [6.45, 7) is 0. The van der Waals surface area contributed by atoms with Crippen LogP contribution in [0.4, 0.5) is 0 Å². The number of rotatable bonds is 5. The molecule has 0 bridgehead atoms. The molecule has 0 atom stereocenters. The van der Waals surface area contributed by atoms with E-state index < -0.39 is 0 Å². The highest BCUT2D eigenvalue weighted by molar-refractivity contribution is 5.35. The Balaban J connectivity index is 1.97. The second-order valence-electron chi connectivity index (χ2n) is 4.81. The lowest BCUT2D eigenvalue weighted by atomic mass is 10.1. The van der Waals surface area contributed by atoms with E-state index in [-0.39, 0.29) is 0 Å². The third-order valence-corrected chi connectivity index (χ3v) is 3.36. The van der Waals surface area contributed by atoms with Crippen LogP contribution in [0, 0.1) is 0 Å². The van der Waals surface area contributed by atoms with Crippen molar-refractivity contribution in [1.82, 2.24) is 14.8 Å². The molecule has 0 N–H and O–H groups in total. The zero-order chi connectivity index (χ0) is 15.4. The molecule has 0 unspecified atom stereocenters. The molecule has 112 valence electrons. The van der Waals surface area contributed by atoms with Crippen molar-refractivity contribution in [2.24, 2.45) is 0 Å². The molecule has 3 aromatic rings. The van der Waals surface area contributed by atoms with Crippen molar-refractivity contribution in [3.05, 3.63) is 66.0 Å². The molecule has 2 aromatic heterocycles. The van der Waals surface area contributed by atoms with E-state index in [1.165, 1.54) is 0 Å². The van der Waals surface area contributed by atoms with Crippen molar-refractivity contribution in [2.75, 3.05) is 14.2 Å². The normalized spacial score (nSPS) is 10.5. The molecule has 22 heavy (non-hydrogen) atoms. The van der Waals surface area contributed by atoms with Gasteiger partial charge < -0.3 is 9.47 Å². The third-order valence-electron chi connectivity index (χ3n) is 3.36. The van der Waals surface area contributed by atoms with Crippen LogP contribution >= 0.6 is 0 Å². The monoisotopic (exact) mass is 295 g/mol. The molecule has 0 saturated carbocycles. The number of hydrogen-bond acceptors (Lipinski definition) is 4. The van der Waals surface area contributed by atoms with Crippen LogP contribution in [-0.4, -0.2) is 29.0 Å². The summed E-state index contributed by atoms with van der Waals surface area (Å²) in [6.07, 6.45) is 2.46. The Bertz CT molecular complexity index is 754. The van der Waals surface area contributed by atoms with E-state index in [0.717, 1.165) is 22.8 Å². The SMILES string of the molecule is COc1cccc(Cc2cc(OC)nn2-c2ccccn2)c1. The van der Waals surface area contributed by atoms with Gasteiger partial charge in [0.05, 0.1) is 19.9 Å². The van der Waals surface area contributed by atoms with E-state index in [2.05, 4.69) is 16.1 Å². The van der Waals surface area contributed by atoms with Crippen LogP contribution in [0.5, 0.6) is 11.6 Å². The van der Waals surface area contributed by atoms with Crippen LogP contribution in [0.15, 0.2) is 54.7 Å². The lowest BCUT2D eigenvalue weighted by Gasteiger charge is -2.07. The van der Waals surface area contributed by atoms with Gasteiger partial charge in [-0.2, -0.15) is 0 Å². The quantitative estimate of drug-likeness (QED) is 0.726. The molecule has 2 heterocycles. The fourth-order valence-electron chi connectivity index (χ4n) is 2.29. The number of nitrogens with zero attached hydrogens (tertiary/aromatic N) is 3. The predicted molar refractivity (Wildman–Crippen MR) is 83.7 cm³/mol. The zero-order valence-corrected chi connectivity index (χ0v) is 12.6. The maximum absolute atomic E-state index is 5.27. The first-order chi connectivity index (χ1) is 10.8. The van der Waals surface area contributed by atoms with E-state index in [1.807, 2.05) is 42.5 Å². The molecule has 0 amide bonds. The van der Waals surface area contributed by atoms with Crippen molar-refractivity contribution in [3.63, 3.8) is 0 Å². The highest BCUT2D eigenvalue weighted by Gasteiger charge is 2.11. The number of methoxy groups -OCH3 is 2. The van der Waals surface area contributed by atoms with Crippen molar-refractivity contribution in [1.29, 1.82) is 0 Å². The first kappa shape index (κ1) is 14.1. The van der Waals surface area contributed by atoms with Crippen LogP contribution in [0.1, 0.15) is 11.3 Å². The fraction of sp³-hybridized carbons (Fsp3) is 0.176. The Morgan fingerprint density at radius 1 is 1.00 bits per heavy atom. The average molecular weight is 295 g/mol. The Labute approximate surface area is 129 Å². The van der Waals surface area contributed by atoms with Gasteiger partial charge >= 0.3 is 0 Å². The summed E-state index contributed by atoms with van der Waals surface area (Å²) in [4.78, 5) is 4.35. The summed E-state index contributed by atoms with van der Waals surface area (Å²) in [7, 11) is 3.28. The van der Waals surface area contributed by atoms with Crippen LogP contribution < -0.4 is 9.47 Å². The molecule has 5 nitrogen and oxygen atoms in total. The second-order valence-corrected chi connectivity index (χ2v) is 4.81. The van der Waals surface area contributed by atoms with Crippen LogP contribution in [-0.2, 0) is 6.42 Å². The number of ether oxygens (including phenoxy) is 2. The molecule has 0 spiro atoms. The summed E-state index contributed by atoms with van der Waals surface area (Å²) >= 11 is 0. The molecule has 0 aliphatic carbocycles. The van der Waals surface area contributed by atoms with Crippen molar-refractivity contribution in [2.45, 2.75) is 6.42 Å². The van der Waals surface area contributed by atoms with Gasteiger partial charge in [-0.1, -0.05) is 18.2 Å². The van der Waals surface area contributed by atoms with Gasteiger partial charge in [-0.25, -0.2) is 9.67 Å². The fourth-order valence-corrected chi connectivity index (χ4v) is 2.29. The van der Waals surface area contributed by atoms with Gasteiger partial charge in [0.2, 0.25) is 5.88 Å². The van der Waals surface area contributed by atoms with Crippen LogP contribution in [0.2, 0.25) is 0 Å². The molecule has 3 rings (SSSR count). The maximum Gasteiger partial charge on any atom is 0.233 e. The summed E-state index contributed by atoms with van der Waals surface area (Å²) in [5, 5.41) is 4.44. The van der Waals surface area contributed by atoms with Crippen molar-refractivity contribution in [3.8, 4) is 17.4 Å². The summed E-state index contributed by atoms with van der Waals surface area (Å²) in [5.74, 6) is 2.18. The zero-order valence-electron chi connectivity index (χ0n) is 12.6. The van der Waals surface area contributed by atoms with Gasteiger partial charge in [-0.15, -0.1) is 5.10 Å². The molecule has 0 radical (unpaired) electrons. The number of benzene rings is 1. The first-order valence-electron chi connectivity index (χ1n) is 6.97. The van der Waals surface area contributed by atoms with E-state index >= 15 is 0 Å². The molecule has 0 fully saturated rings. The minimum absolute atomic E-state index is 0.573. The Kier molecular flexibility index (Phi) is 4.05. The first-order valence-corrected chi connectivity index (χ1v) is 6.97. The predicted octanol–water partition coefficient (Wildman–Crippen LogP) is 2.88. The highest BCUT2D eigenvalue weighted by Crippen LogP contribution is 2.21. The van der Waals surface area contributed by atoms with Crippen molar-refractivity contribution >= 4 is 0 Å². The van der Waals surface area contributed by atoms with Gasteiger partial charge in [0, 0.05) is 18.7 Å². The van der Waals surface area contributed by atoms with E-state index in [4.69, 9.17) is 9.47 Å². The maximum atomic E-state index is 5.27. The Morgan fingerprint density at radius 2 is 1.91 bits per heavy atom. The lowest BCUT2D eigenvalue weighted by Crippen LogP contribution is -2.04. The summed E-state index contributed by atoms with van der Waals surface area (Å²) < 4.78 is 12.3. The number of hydrogen-bond donors (Lipinski definition) is 0. The van der Waals surface area contributed by atoms with E-state index in [0.29, 0.717) is 12.3 Å². The largest absolute Gasteiger partial charge is 0.497 e. The minimum atomic E-state index is 0.573. The highest BCUT2D eigenvalue weighted by atomic mass is 16.5. The third kappa shape index (κ3) is 2.93. The van der Waals surface area contributed by atoms with Gasteiger partial charge in [0.1, 0.15) is 5.75 Å². The van der Waals surface area contributed by atoms with Gasteiger partial charge in [0.25, 0.3) is 0 Å². The molecule has 5 heteroatoms. The summed E-state index contributed by atoms with van der Waals surface area (Å²) in [5.41, 5.74) is 2.14. The lowest BCUT2D eigenvalue weighted by molar-refractivity contribution is 0.394. The molecule has 0 saturated heterocycles.